The maximum atomic E-state index is 13.8. The molecule has 2 N–H and O–H groups in total. The maximum Gasteiger partial charge on any atom is 0.272 e. The van der Waals surface area contributed by atoms with Crippen LogP contribution in [0.4, 0.5) is 5.69 Å². The number of nitrogens with one attached hydrogen (secondary N) is 2. The number of carbonyl (C=O) groups is 2. The average Bonchev–Trinajstić information content (AvgIpc) is 3.35. The Morgan fingerprint density at radius 2 is 1.93 bits per heavy atom. The zero-order valence-corrected chi connectivity index (χ0v) is 26.1. The molecule has 0 saturated heterocycles. The first-order valence-electron chi connectivity index (χ1n) is 14.2. The molecule has 2 aromatic carbocycles. The largest absolute Gasteiger partial charge is 0.497 e. The number of aromatic nitrogens is 2. The summed E-state index contributed by atoms with van der Waals surface area (Å²) in [4.78, 5) is 44.5. The average molecular weight is 611 g/mol. The first-order chi connectivity index (χ1) is 20.3. The molecule has 4 aromatic rings. The molecular weight excluding hydrogens is 572 g/mol. The van der Waals surface area contributed by atoms with E-state index >= 15 is 0 Å². The summed E-state index contributed by atoms with van der Waals surface area (Å²) in [6, 6.07) is 15.0. The predicted molar refractivity (Wildman–Crippen MR) is 171 cm³/mol. The minimum Gasteiger partial charge on any atom is -0.497 e. The molecule has 4 rings (SSSR count). The Kier molecular flexibility index (Phi) is 11.4. The number of nitrogens with zero attached hydrogens (tertiary/aromatic N) is 2. The molecule has 224 valence electrons. The molecule has 42 heavy (non-hydrogen) atoms. The number of carbonyl (C=O) groups excluding carboxylic acids is 2. The van der Waals surface area contributed by atoms with Gasteiger partial charge >= 0.3 is 0 Å². The van der Waals surface area contributed by atoms with Gasteiger partial charge < -0.3 is 20.1 Å². The topological polar surface area (TPSA) is 112 Å². The first-order valence-corrected chi connectivity index (χ1v) is 15.9. The van der Waals surface area contributed by atoms with E-state index in [2.05, 4.69) is 10.6 Å². The van der Waals surface area contributed by atoms with Crippen LogP contribution in [0.1, 0.15) is 46.5 Å². The molecule has 0 unspecified atom stereocenters. The summed E-state index contributed by atoms with van der Waals surface area (Å²) in [6.07, 6.45) is 2.18. The van der Waals surface area contributed by atoms with Gasteiger partial charge in [0.05, 0.1) is 24.0 Å². The number of thioether (sulfide) groups is 1. The van der Waals surface area contributed by atoms with E-state index in [0.29, 0.717) is 59.3 Å². The summed E-state index contributed by atoms with van der Waals surface area (Å²) in [5.41, 5.74) is 1.12. The van der Waals surface area contributed by atoms with Crippen molar-refractivity contribution >= 4 is 60.9 Å². The molecule has 1 atom stereocenters. The van der Waals surface area contributed by atoms with Crippen LogP contribution < -0.4 is 20.9 Å². The molecule has 2 heterocycles. The molecule has 0 aliphatic rings. The molecule has 11 heteroatoms. The normalized spacial score (nSPS) is 12.1. The zero-order chi connectivity index (χ0) is 30.1. The van der Waals surface area contributed by atoms with E-state index < -0.39 is 5.25 Å². The number of ether oxygens (including phenoxy) is 2. The van der Waals surface area contributed by atoms with Crippen LogP contribution in [0, 0.1) is 0 Å². The minimum atomic E-state index is -0.493. The monoisotopic (exact) mass is 610 g/mol. The highest BCUT2D eigenvalue weighted by Gasteiger charge is 2.24. The van der Waals surface area contributed by atoms with Crippen molar-refractivity contribution in [2.75, 3.05) is 25.6 Å². The van der Waals surface area contributed by atoms with E-state index in [9.17, 15) is 14.4 Å². The molecule has 0 fully saturated rings. The van der Waals surface area contributed by atoms with Gasteiger partial charge in [0.25, 0.3) is 5.56 Å². The van der Waals surface area contributed by atoms with E-state index in [0.717, 1.165) is 16.5 Å². The molecule has 0 aliphatic carbocycles. The molecular formula is C31H38N4O5S2. The predicted octanol–water partition coefficient (Wildman–Crippen LogP) is 5.84. The van der Waals surface area contributed by atoms with E-state index in [1.165, 1.54) is 23.1 Å². The first kappa shape index (κ1) is 31.5. The highest BCUT2D eigenvalue weighted by molar-refractivity contribution is 8.00. The Hall–Kier alpha value is -3.41. The fourth-order valence-electron chi connectivity index (χ4n) is 4.42. The minimum absolute atomic E-state index is 0.0678. The van der Waals surface area contributed by atoms with Crippen molar-refractivity contribution in [1.29, 1.82) is 0 Å². The van der Waals surface area contributed by atoms with Gasteiger partial charge in [-0.25, -0.2) is 4.98 Å². The van der Waals surface area contributed by atoms with Gasteiger partial charge in [0.1, 0.15) is 10.4 Å². The van der Waals surface area contributed by atoms with E-state index in [1.54, 1.807) is 23.8 Å². The summed E-state index contributed by atoms with van der Waals surface area (Å²) in [5.74, 6) is 0.390. The molecule has 0 radical (unpaired) electrons. The van der Waals surface area contributed by atoms with Crippen LogP contribution in [0.15, 0.2) is 58.5 Å². The Labute approximate surface area is 254 Å². The van der Waals surface area contributed by atoms with Crippen molar-refractivity contribution in [1.82, 2.24) is 14.9 Å². The van der Waals surface area contributed by atoms with Crippen LogP contribution in [0.2, 0.25) is 0 Å². The summed E-state index contributed by atoms with van der Waals surface area (Å²) >= 11 is 2.69. The Morgan fingerprint density at radius 3 is 2.69 bits per heavy atom. The highest BCUT2D eigenvalue weighted by atomic mass is 32.2. The number of anilines is 1. The van der Waals surface area contributed by atoms with E-state index in [1.807, 2.05) is 57.2 Å². The van der Waals surface area contributed by atoms with Crippen molar-refractivity contribution in [3.8, 4) is 5.75 Å². The Bertz CT molecular complexity index is 1580. The van der Waals surface area contributed by atoms with Crippen LogP contribution >= 0.6 is 23.1 Å². The van der Waals surface area contributed by atoms with Crippen LogP contribution in [0.3, 0.4) is 0 Å². The lowest BCUT2D eigenvalue weighted by Gasteiger charge is -2.18. The summed E-state index contributed by atoms with van der Waals surface area (Å²) in [5, 5.41) is 6.77. The molecule has 0 spiro atoms. The second-order valence-electron chi connectivity index (χ2n) is 10.1. The third-order valence-electron chi connectivity index (χ3n) is 6.58. The second kappa shape index (κ2) is 15.2. The number of amides is 2. The second-order valence-corrected chi connectivity index (χ2v) is 12.3. The lowest BCUT2D eigenvalue weighted by molar-refractivity contribution is -0.121. The number of hydrogen-bond acceptors (Lipinski definition) is 8. The van der Waals surface area contributed by atoms with Crippen molar-refractivity contribution in [2.24, 2.45) is 0 Å². The number of thiophene rings is 1. The smallest absolute Gasteiger partial charge is 0.272 e. The lowest BCUT2D eigenvalue weighted by atomic mass is 10.2. The van der Waals surface area contributed by atoms with Gasteiger partial charge in [-0.05, 0) is 51.3 Å². The SMILES string of the molecule is CC[C@H](Sc1nc2c(sc3ccccc32)c(=O)n1CCCC(=O)NCCCOC(C)C)C(=O)Nc1cccc(OC)c1. The van der Waals surface area contributed by atoms with Crippen LogP contribution in [0.5, 0.6) is 5.75 Å². The van der Waals surface area contributed by atoms with Gasteiger partial charge in [0, 0.05) is 48.0 Å². The molecule has 2 amide bonds. The molecule has 9 nitrogen and oxygen atoms in total. The van der Waals surface area contributed by atoms with Crippen molar-refractivity contribution in [3.63, 3.8) is 0 Å². The van der Waals surface area contributed by atoms with Crippen LogP contribution in [-0.2, 0) is 20.9 Å². The highest BCUT2D eigenvalue weighted by Crippen LogP contribution is 2.33. The Morgan fingerprint density at radius 1 is 1.12 bits per heavy atom. The van der Waals surface area contributed by atoms with Gasteiger partial charge in [0.2, 0.25) is 11.8 Å². The van der Waals surface area contributed by atoms with Gasteiger partial charge in [-0.2, -0.15) is 0 Å². The fourth-order valence-corrected chi connectivity index (χ4v) is 6.54. The number of methoxy groups -OCH3 is 1. The van der Waals surface area contributed by atoms with Gasteiger partial charge in [-0.3, -0.25) is 19.0 Å². The number of hydrogen-bond donors (Lipinski definition) is 2. The third kappa shape index (κ3) is 8.11. The van der Waals surface area contributed by atoms with Crippen molar-refractivity contribution in [2.45, 2.75) is 69.5 Å². The summed E-state index contributed by atoms with van der Waals surface area (Å²) < 4.78 is 14.0. The fraction of sp³-hybridized carbons (Fsp3) is 0.419. The van der Waals surface area contributed by atoms with Gasteiger partial charge in [-0.15, -0.1) is 11.3 Å². The molecule has 0 aliphatic heterocycles. The standard InChI is InChI=1S/C31H38N4O5S2/c1-5-24(29(37)33-21-11-8-12-22(19-21)39-4)42-31-34-27-23-13-6-7-14-25(23)41-28(27)30(38)35(31)17-9-15-26(36)32-16-10-18-40-20(2)3/h6-8,11-14,19-20,24H,5,9-10,15-18H2,1-4H3,(H,32,36)(H,33,37)/t24-/m0/s1. The third-order valence-corrected chi connectivity index (χ3v) is 9.08. The quantitative estimate of drug-likeness (QED) is 0.0988. The van der Waals surface area contributed by atoms with Crippen LogP contribution in [0.25, 0.3) is 20.3 Å². The molecule has 0 bridgehead atoms. The molecule has 0 saturated carbocycles. The summed E-state index contributed by atoms with van der Waals surface area (Å²) in [7, 11) is 1.58. The lowest BCUT2D eigenvalue weighted by Crippen LogP contribution is -2.29. The van der Waals surface area contributed by atoms with Crippen LogP contribution in [-0.4, -0.2) is 53.0 Å². The van der Waals surface area contributed by atoms with Crippen molar-refractivity contribution in [3.05, 3.63) is 58.9 Å². The number of benzene rings is 2. The Balaban J connectivity index is 1.53. The maximum absolute atomic E-state index is 13.8. The van der Waals surface area contributed by atoms with E-state index in [-0.39, 0.29) is 29.9 Å². The zero-order valence-electron chi connectivity index (χ0n) is 24.5. The number of rotatable bonds is 15. The van der Waals surface area contributed by atoms with E-state index in [4.69, 9.17) is 14.5 Å². The number of fused-ring (bicyclic) bond motifs is 3. The van der Waals surface area contributed by atoms with Gasteiger partial charge in [-0.1, -0.05) is 43.0 Å². The molecule has 2 aromatic heterocycles. The summed E-state index contributed by atoms with van der Waals surface area (Å²) in [6.45, 7) is 7.35. The van der Waals surface area contributed by atoms with Crippen molar-refractivity contribution < 1.29 is 19.1 Å². The van der Waals surface area contributed by atoms with Gasteiger partial charge in [0.15, 0.2) is 5.16 Å².